The van der Waals surface area contributed by atoms with Gasteiger partial charge in [0.1, 0.15) is 12.4 Å². The molecule has 1 amide bonds. The Kier molecular flexibility index (Phi) is 5.58. The summed E-state index contributed by atoms with van der Waals surface area (Å²) < 4.78 is 6.00. The van der Waals surface area contributed by atoms with Gasteiger partial charge >= 0.3 is 0 Å². The van der Waals surface area contributed by atoms with Gasteiger partial charge in [-0.15, -0.1) is 0 Å². The number of amidine groups is 1. The highest BCUT2D eigenvalue weighted by Crippen LogP contribution is 2.33. The zero-order valence-corrected chi connectivity index (χ0v) is 16.0. The van der Waals surface area contributed by atoms with Gasteiger partial charge in [0.15, 0.2) is 5.17 Å². The smallest absolute Gasteiger partial charge is 0.286 e. The Morgan fingerprint density at radius 3 is 2.56 bits per heavy atom. The van der Waals surface area contributed by atoms with Gasteiger partial charge in [0, 0.05) is 18.7 Å². The summed E-state index contributed by atoms with van der Waals surface area (Å²) in [5, 5.41) is 0.841. The number of piperidine rings is 1. The summed E-state index contributed by atoms with van der Waals surface area (Å²) >= 11 is 1.48. The monoisotopic (exact) mass is 378 g/mol. The van der Waals surface area contributed by atoms with Crippen LogP contribution in [-0.2, 0) is 11.4 Å². The molecule has 5 heteroatoms. The van der Waals surface area contributed by atoms with Crippen LogP contribution >= 0.6 is 11.8 Å². The van der Waals surface area contributed by atoms with Gasteiger partial charge in [-0.25, -0.2) is 0 Å². The molecule has 0 N–H and O–H groups in total. The van der Waals surface area contributed by atoms with Crippen LogP contribution in [-0.4, -0.2) is 29.1 Å². The van der Waals surface area contributed by atoms with E-state index in [0.29, 0.717) is 11.5 Å². The molecule has 2 aliphatic heterocycles. The molecular weight excluding hydrogens is 356 g/mol. The lowest BCUT2D eigenvalue weighted by atomic mass is 10.1. The van der Waals surface area contributed by atoms with Gasteiger partial charge in [-0.3, -0.25) is 4.79 Å². The van der Waals surface area contributed by atoms with Crippen LogP contribution in [0.15, 0.2) is 64.5 Å². The van der Waals surface area contributed by atoms with Crippen molar-refractivity contribution in [3.05, 3.63) is 70.6 Å². The van der Waals surface area contributed by atoms with E-state index in [2.05, 4.69) is 9.89 Å². The molecule has 0 bridgehead atoms. The van der Waals surface area contributed by atoms with Gasteiger partial charge in [-0.2, -0.15) is 4.99 Å². The van der Waals surface area contributed by atoms with Gasteiger partial charge in [0.05, 0.1) is 4.91 Å². The number of thioether (sulfide) groups is 1. The first-order valence-electron chi connectivity index (χ1n) is 9.33. The highest BCUT2D eigenvalue weighted by molar-refractivity contribution is 8.18. The van der Waals surface area contributed by atoms with Crippen LogP contribution in [0.4, 0.5) is 0 Å². The Morgan fingerprint density at radius 2 is 1.74 bits per heavy atom. The number of aliphatic imine (C=N–C) groups is 1. The number of nitrogens with zero attached hydrogens (tertiary/aromatic N) is 2. The molecule has 2 aliphatic rings. The van der Waals surface area contributed by atoms with Crippen LogP contribution in [0.2, 0.25) is 0 Å². The third-order valence-corrected chi connectivity index (χ3v) is 5.72. The second kappa shape index (κ2) is 8.44. The molecule has 0 unspecified atom stereocenters. The van der Waals surface area contributed by atoms with E-state index in [0.717, 1.165) is 35.1 Å². The van der Waals surface area contributed by atoms with Crippen molar-refractivity contribution in [1.29, 1.82) is 0 Å². The average Bonchev–Trinajstić information content (AvgIpc) is 3.09. The van der Waals surface area contributed by atoms with Crippen molar-refractivity contribution in [1.82, 2.24) is 4.90 Å². The van der Waals surface area contributed by atoms with Gasteiger partial charge in [-0.05, 0) is 48.7 Å². The lowest BCUT2D eigenvalue weighted by molar-refractivity contribution is -0.113. The summed E-state index contributed by atoms with van der Waals surface area (Å²) in [5.41, 5.74) is 2.02. The molecule has 2 aromatic carbocycles. The van der Waals surface area contributed by atoms with Crippen molar-refractivity contribution in [2.75, 3.05) is 13.1 Å². The number of carbonyl (C=O) groups is 1. The molecule has 4 nitrogen and oxygen atoms in total. The maximum absolute atomic E-state index is 12.4. The first-order chi connectivity index (χ1) is 13.3. The van der Waals surface area contributed by atoms with Crippen molar-refractivity contribution in [3.8, 4) is 5.75 Å². The molecule has 1 fully saturated rings. The Bertz CT molecular complexity index is 871. The number of hydrogen-bond acceptors (Lipinski definition) is 4. The molecule has 2 aromatic rings. The molecular formula is C22H22N2O2S. The fraction of sp³-hybridized carbons (Fsp3) is 0.273. The van der Waals surface area contributed by atoms with Crippen molar-refractivity contribution >= 4 is 28.9 Å². The van der Waals surface area contributed by atoms with E-state index in [1.54, 1.807) is 0 Å². The normalized spacial score (nSPS) is 18.7. The Balaban J connectivity index is 1.48. The van der Waals surface area contributed by atoms with Crippen LogP contribution in [0.25, 0.3) is 6.08 Å². The SMILES string of the molecule is O=C1N=C(N2CCCCC2)S/C1=C\c1ccccc1OCc1ccccc1. The van der Waals surface area contributed by atoms with Gasteiger partial charge in [0.25, 0.3) is 5.91 Å². The standard InChI is InChI=1S/C22H22N2O2S/c25-21-20(27-22(23-21)24-13-7-2-8-14-24)15-18-11-5-6-12-19(18)26-16-17-9-3-1-4-10-17/h1,3-6,9-12,15H,2,7-8,13-14,16H2/b20-15-. The molecule has 4 rings (SSSR count). The number of ether oxygens (including phenoxy) is 1. The van der Waals surface area contributed by atoms with E-state index in [1.165, 1.54) is 31.0 Å². The number of likely N-dealkylation sites (tertiary alicyclic amines) is 1. The number of carbonyl (C=O) groups excluding carboxylic acids is 1. The summed E-state index contributed by atoms with van der Waals surface area (Å²) in [4.78, 5) is 19.5. The van der Waals surface area contributed by atoms with E-state index in [9.17, 15) is 4.79 Å². The van der Waals surface area contributed by atoms with E-state index in [1.807, 2.05) is 60.7 Å². The number of amides is 1. The number of rotatable bonds is 4. The highest BCUT2D eigenvalue weighted by atomic mass is 32.2. The second-order valence-electron chi connectivity index (χ2n) is 6.67. The molecule has 27 heavy (non-hydrogen) atoms. The minimum atomic E-state index is -0.154. The Hall–Kier alpha value is -2.53. The van der Waals surface area contributed by atoms with Crippen LogP contribution in [0, 0.1) is 0 Å². The first kappa shape index (κ1) is 17.9. The van der Waals surface area contributed by atoms with Crippen molar-refractivity contribution in [2.24, 2.45) is 4.99 Å². The summed E-state index contributed by atoms with van der Waals surface area (Å²) in [6.45, 7) is 2.48. The molecule has 0 aliphatic carbocycles. The maximum atomic E-state index is 12.4. The average molecular weight is 378 g/mol. The minimum Gasteiger partial charge on any atom is -0.488 e. The topological polar surface area (TPSA) is 41.9 Å². The zero-order valence-electron chi connectivity index (χ0n) is 15.1. The molecule has 1 saturated heterocycles. The van der Waals surface area contributed by atoms with Crippen LogP contribution in [0.5, 0.6) is 5.75 Å². The van der Waals surface area contributed by atoms with Crippen LogP contribution in [0.3, 0.4) is 0 Å². The van der Waals surface area contributed by atoms with Gasteiger partial charge in [0.2, 0.25) is 0 Å². The molecule has 0 radical (unpaired) electrons. The van der Waals surface area contributed by atoms with Crippen molar-refractivity contribution < 1.29 is 9.53 Å². The van der Waals surface area contributed by atoms with Crippen molar-refractivity contribution in [3.63, 3.8) is 0 Å². The number of para-hydroxylation sites is 1. The highest BCUT2D eigenvalue weighted by Gasteiger charge is 2.27. The fourth-order valence-electron chi connectivity index (χ4n) is 3.23. The molecule has 0 aromatic heterocycles. The molecule has 0 atom stereocenters. The molecule has 0 spiro atoms. The predicted octanol–water partition coefficient (Wildman–Crippen LogP) is 4.72. The van der Waals surface area contributed by atoms with Crippen LogP contribution < -0.4 is 4.74 Å². The summed E-state index contributed by atoms with van der Waals surface area (Å²) in [6, 6.07) is 17.9. The summed E-state index contributed by atoms with van der Waals surface area (Å²) in [6.07, 6.45) is 5.50. The largest absolute Gasteiger partial charge is 0.488 e. The lowest BCUT2D eigenvalue weighted by Gasteiger charge is -2.27. The Labute approximate surface area is 163 Å². The predicted molar refractivity (Wildman–Crippen MR) is 111 cm³/mol. The second-order valence-corrected chi connectivity index (χ2v) is 7.68. The molecule has 0 saturated carbocycles. The molecule has 2 heterocycles. The van der Waals surface area contributed by atoms with E-state index < -0.39 is 0 Å². The van der Waals surface area contributed by atoms with E-state index in [-0.39, 0.29) is 5.91 Å². The summed E-state index contributed by atoms with van der Waals surface area (Å²) in [5.74, 6) is 0.618. The van der Waals surface area contributed by atoms with E-state index >= 15 is 0 Å². The minimum absolute atomic E-state index is 0.154. The third-order valence-electron chi connectivity index (χ3n) is 4.68. The van der Waals surface area contributed by atoms with Crippen LogP contribution in [0.1, 0.15) is 30.4 Å². The van der Waals surface area contributed by atoms with Gasteiger partial charge in [-0.1, -0.05) is 48.5 Å². The van der Waals surface area contributed by atoms with E-state index in [4.69, 9.17) is 4.74 Å². The summed E-state index contributed by atoms with van der Waals surface area (Å²) in [7, 11) is 0. The quantitative estimate of drug-likeness (QED) is 0.722. The maximum Gasteiger partial charge on any atom is 0.286 e. The zero-order chi connectivity index (χ0) is 18.5. The fourth-order valence-corrected chi connectivity index (χ4v) is 4.18. The molecule has 138 valence electrons. The van der Waals surface area contributed by atoms with Crippen molar-refractivity contribution in [2.45, 2.75) is 25.9 Å². The third kappa shape index (κ3) is 4.42. The lowest BCUT2D eigenvalue weighted by Crippen LogP contribution is -2.33. The number of benzene rings is 2. The van der Waals surface area contributed by atoms with Gasteiger partial charge < -0.3 is 9.64 Å². The Morgan fingerprint density at radius 1 is 1.00 bits per heavy atom. The number of hydrogen-bond donors (Lipinski definition) is 0. The first-order valence-corrected chi connectivity index (χ1v) is 10.1.